The maximum atomic E-state index is 13.1. The summed E-state index contributed by atoms with van der Waals surface area (Å²) in [6, 6.07) is 1.81. The van der Waals surface area contributed by atoms with Crippen LogP contribution in [0.15, 0.2) is 12.4 Å². The molecule has 6 nitrogen and oxygen atoms in total. The van der Waals surface area contributed by atoms with E-state index in [1.165, 1.54) is 6.33 Å². The van der Waals surface area contributed by atoms with E-state index in [1.54, 1.807) is 4.57 Å². The molecule has 0 N–H and O–H groups in total. The van der Waals surface area contributed by atoms with Gasteiger partial charge in [0.15, 0.2) is 5.82 Å². The predicted octanol–water partition coefficient (Wildman–Crippen LogP) is 2.45. The molecule has 1 unspecified atom stereocenters. The van der Waals surface area contributed by atoms with Crippen molar-refractivity contribution in [3.8, 4) is 0 Å². The maximum absolute atomic E-state index is 13.1. The summed E-state index contributed by atoms with van der Waals surface area (Å²) < 4.78 is 40.9. The van der Waals surface area contributed by atoms with Crippen LogP contribution in [-0.4, -0.2) is 38.0 Å². The van der Waals surface area contributed by atoms with E-state index in [-0.39, 0.29) is 12.2 Å². The Morgan fingerprint density at radius 1 is 1.30 bits per heavy atom. The van der Waals surface area contributed by atoms with Crippen LogP contribution in [0, 0.1) is 6.92 Å². The highest BCUT2D eigenvalue weighted by atomic mass is 19.4. The summed E-state index contributed by atoms with van der Waals surface area (Å²) in [5.74, 6) is -0.291. The Bertz CT molecular complexity index is 696. The van der Waals surface area contributed by atoms with Crippen LogP contribution in [0.3, 0.4) is 0 Å². The van der Waals surface area contributed by atoms with Crippen molar-refractivity contribution in [2.24, 2.45) is 0 Å². The third-order valence-corrected chi connectivity index (χ3v) is 4.00. The van der Waals surface area contributed by atoms with E-state index in [9.17, 15) is 13.2 Å². The highest BCUT2D eigenvalue weighted by molar-refractivity contribution is 5.37. The minimum Gasteiger partial charge on any atom is -0.352 e. The normalized spacial score (nSPS) is 17.9. The van der Waals surface area contributed by atoms with Gasteiger partial charge >= 0.3 is 6.18 Å². The zero-order chi connectivity index (χ0) is 16.6. The summed E-state index contributed by atoms with van der Waals surface area (Å²) in [6.45, 7) is 2.71. The smallest absolute Gasteiger partial charge is 0.352 e. The number of hydrogen-bond donors (Lipinski definition) is 0. The van der Waals surface area contributed by atoms with Gasteiger partial charge < -0.3 is 9.47 Å². The minimum atomic E-state index is -4.28. The Morgan fingerprint density at radius 3 is 2.78 bits per heavy atom. The van der Waals surface area contributed by atoms with E-state index in [0.717, 1.165) is 5.69 Å². The molecule has 124 valence electrons. The summed E-state index contributed by atoms with van der Waals surface area (Å²) in [4.78, 5) is 10.0. The van der Waals surface area contributed by atoms with Gasteiger partial charge in [-0.15, -0.1) is 10.2 Å². The van der Waals surface area contributed by atoms with Crippen molar-refractivity contribution in [3.63, 3.8) is 0 Å². The highest BCUT2D eigenvalue weighted by Crippen LogP contribution is 2.40. The lowest BCUT2D eigenvalue weighted by Gasteiger charge is -2.26. The molecule has 0 radical (unpaired) electrons. The Hall–Kier alpha value is -2.19. The Kier molecular flexibility index (Phi) is 3.95. The van der Waals surface area contributed by atoms with E-state index in [1.807, 2.05) is 24.9 Å². The Labute approximate surface area is 131 Å². The van der Waals surface area contributed by atoms with Crippen molar-refractivity contribution < 1.29 is 13.2 Å². The van der Waals surface area contributed by atoms with E-state index < -0.39 is 12.1 Å². The van der Waals surface area contributed by atoms with Gasteiger partial charge in [0.2, 0.25) is 0 Å². The molecule has 0 aliphatic carbocycles. The lowest BCUT2D eigenvalue weighted by Crippen LogP contribution is -2.29. The van der Waals surface area contributed by atoms with Gasteiger partial charge in [-0.25, -0.2) is 9.97 Å². The maximum Gasteiger partial charge on any atom is 0.398 e. The number of aryl methyl sites for hydroxylation is 1. The first-order chi connectivity index (χ1) is 10.9. The first-order valence-electron chi connectivity index (χ1n) is 7.34. The van der Waals surface area contributed by atoms with Gasteiger partial charge in [-0.2, -0.15) is 13.2 Å². The average molecular weight is 326 g/mol. The summed E-state index contributed by atoms with van der Waals surface area (Å²) in [7, 11) is 1.81. The largest absolute Gasteiger partial charge is 0.398 e. The molecule has 3 rings (SSSR count). The molecule has 1 atom stereocenters. The van der Waals surface area contributed by atoms with Gasteiger partial charge in [0.25, 0.3) is 0 Å². The van der Waals surface area contributed by atoms with Crippen molar-refractivity contribution in [1.82, 2.24) is 24.7 Å². The second kappa shape index (κ2) is 5.78. The fourth-order valence-electron chi connectivity index (χ4n) is 2.80. The molecule has 1 aliphatic rings. The number of anilines is 1. The molecule has 2 aromatic rings. The Morgan fingerprint density at radius 2 is 2.09 bits per heavy atom. The Balaban J connectivity index is 1.84. The number of nitrogens with zero attached hydrogens (tertiary/aromatic N) is 6. The quantitative estimate of drug-likeness (QED) is 0.867. The van der Waals surface area contributed by atoms with Crippen molar-refractivity contribution in [3.05, 3.63) is 29.7 Å². The molecule has 23 heavy (non-hydrogen) atoms. The van der Waals surface area contributed by atoms with Crippen LogP contribution in [0.4, 0.5) is 19.0 Å². The van der Waals surface area contributed by atoms with Gasteiger partial charge in [-0.1, -0.05) is 0 Å². The third-order valence-electron chi connectivity index (χ3n) is 4.00. The van der Waals surface area contributed by atoms with Gasteiger partial charge in [-0.3, -0.25) is 0 Å². The van der Waals surface area contributed by atoms with Crippen molar-refractivity contribution >= 4 is 5.82 Å². The van der Waals surface area contributed by atoms with Crippen molar-refractivity contribution in [2.75, 3.05) is 11.9 Å². The fourth-order valence-corrected chi connectivity index (χ4v) is 2.80. The number of alkyl halides is 3. The highest BCUT2D eigenvalue weighted by Gasteiger charge is 2.45. The summed E-state index contributed by atoms with van der Waals surface area (Å²) in [6.07, 6.45) is -2.28. The molecular weight excluding hydrogens is 309 g/mol. The predicted molar refractivity (Wildman–Crippen MR) is 76.9 cm³/mol. The minimum absolute atomic E-state index is 0.0195. The van der Waals surface area contributed by atoms with Crippen molar-refractivity contribution in [1.29, 1.82) is 0 Å². The molecular formula is C14H17F3N6. The van der Waals surface area contributed by atoms with Crippen LogP contribution in [-0.2, 0) is 13.1 Å². The monoisotopic (exact) mass is 326 g/mol. The van der Waals surface area contributed by atoms with E-state index >= 15 is 0 Å². The average Bonchev–Trinajstić information content (AvgIpc) is 2.89. The third kappa shape index (κ3) is 3.13. The molecule has 0 amide bonds. The molecule has 0 saturated carbocycles. The van der Waals surface area contributed by atoms with Crippen LogP contribution >= 0.6 is 0 Å². The molecule has 0 spiro atoms. The molecule has 0 aromatic carbocycles. The summed E-state index contributed by atoms with van der Waals surface area (Å²) in [5.41, 5.74) is 0.822. The van der Waals surface area contributed by atoms with Crippen LogP contribution in [0.5, 0.6) is 0 Å². The standard InChI is InChI=1S/C14H17F3N6/c1-9-6-11(19-8-18-9)22(2)7-12-20-21-13-10(14(15,16)17)4-3-5-23(12)13/h6,8,10H,3-5,7H2,1-2H3. The van der Waals surface area contributed by atoms with Gasteiger partial charge in [0.05, 0.1) is 6.54 Å². The second-order valence-corrected chi connectivity index (χ2v) is 5.74. The number of hydrogen-bond acceptors (Lipinski definition) is 5. The molecule has 0 fully saturated rings. The fraction of sp³-hybridized carbons (Fsp3) is 0.571. The van der Waals surface area contributed by atoms with Crippen LogP contribution in [0.25, 0.3) is 0 Å². The van der Waals surface area contributed by atoms with E-state index in [0.29, 0.717) is 31.2 Å². The molecule has 0 bridgehead atoms. The molecule has 9 heteroatoms. The lowest BCUT2D eigenvalue weighted by atomic mass is 9.98. The number of halogens is 3. The molecule has 0 saturated heterocycles. The first kappa shape index (κ1) is 15.7. The number of aromatic nitrogens is 5. The number of fused-ring (bicyclic) bond motifs is 1. The van der Waals surface area contributed by atoms with E-state index in [4.69, 9.17) is 0 Å². The van der Waals surface area contributed by atoms with Gasteiger partial charge in [0.1, 0.15) is 23.9 Å². The van der Waals surface area contributed by atoms with E-state index in [2.05, 4.69) is 20.2 Å². The summed E-state index contributed by atoms with van der Waals surface area (Å²) in [5, 5.41) is 7.78. The van der Waals surface area contributed by atoms with Gasteiger partial charge in [0, 0.05) is 25.4 Å². The van der Waals surface area contributed by atoms with Crippen molar-refractivity contribution in [2.45, 2.75) is 44.9 Å². The zero-order valence-corrected chi connectivity index (χ0v) is 12.9. The van der Waals surface area contributed by atoms with Crippen LogP contribution in [0.2, 0.25) is 0 Å². The molecule has 2 aromatic heterocycles. The number of rotatable bonds is 3. The molecule has 3 heterocycles. The second-order valence-electron chi connectivity index (χ2n) is 5.74. The SMILES string of the molecule is Cc1cc(N(C)Cc2nnc3n2CCCC3C(F)(F)F)ncn1. The van der Waals surface area contributed by atoms with Gasteiger partial charge in [-0.05, 0) is 19.8 Å². The van der Waals surface area contributed by atoms with Crippen LogP contribution in [0.1, 0.15) is 36.1 Å². The topological polar surface area (TPSA) is 59.7 Å². The van der Waals surface area contributed by atoms with Crippen LogP contribution < -0.4 is 4.90 Å². The first-order valence-corrected chi connectivity index (χ1v) is 7.34. The zero-order valence-electron chi connectivity index (χ0n) is 12.9. The molecule has 1 aliphatic heterocycles. The summed E-state index contributed by atoms with van der Waals surface area (Å²) >= 11 is 0. The lowest BCUT2D eigenvalue weighted by molar-refractivity contribution is -0.156.